The van der Waals surface area contributed by atoms with Crippen LogP contribution in [0.2, 0.25) is 0 Å². The van der Waals surface area contributed by atoms with Crippen LogP contribution >= 0.6 is 0 Å². The van der Waals surface area contributed by atoms with Crippen LogP contribution in [-0.2, 0) is 9.53 Å². The molecule has 1 heterocycles. The van der Waals surface area contributed by atoms with E-state index in [0.717, 1.165) is 12.2 Å². The number of hydrogen-bond acceptors (Lipinski definition) is 3. The summed E-state index contributed by atoms with van der Waals surface area (Å²) < 4.78 is 10.5. The number of hydrogen-bond donors (Lipinski definition) is 0. The van der Waals surface area contributed by atoms with Gasteiger partial charge in [-0.05, 0) is 43.5 Å². The van der Waals surface area contributed by atoms with Crippen LogP contribution in [0.15, 0.2) is 18.2 Å². The summed E-state index contributed by atoms with van der Waals surface area (Å²) in [4.78, 5) is 11.2. The lowest BCUT2D eigenvalue weighted by Gasteiger charge is -2.30. The van der Waals surface area contributed by atoms with Gasteiger partial charge < -0.3 is 9.47 Å². The summed E-state index contributed by atoms with van der Waals surface area (Å²) in [6, 6.07) is 6.07. The minimum Gasteiger partial charge on any atom is -0.497 e. The predicted octanol–water partition coefficient (Wildman–Crippen LogP) is 2.81. The van der Waals surface area contributed by atoms with Gasteiger partial charge >= 0.3 is 5.97 Å². The van der Waals surface area contributed by atoms with Crippen LogP contribution in [0.3, 0.4) is 0 Å². The van der Waals surface area contributed by atoms with E-state index in [9.17, 15) is 4.79 Å². The zero-order valence-electron chi connectivity index (χ0n) is 10.5. The first-order chi connectivity index (χ1) is 8.11. The van der Waals surface area contributed by atoms with Gasteiger partial charge in [0.2, 0.25) is 0 Å². The highest BCUT2D eigenvalue weighted by Crippen LogP contribution is 2.34. The van der Waals surface area contributed by atoms with Crippen molar-refractivity contribution in [3.05, 3.63) is 29.3 Å². The summed E-state index contributed by atoms with van der Waals surface area (Å²) >= 11 is 0. The molecule has 1 aliphatic rings. The Balaban J connectivity index is 2.25. The summed E-state index contributed by atoms with van der Waals surface area (Å²) in [5, 5.41) is 0. The molecule has 92 valence electrons. The van der Waals surface area contributed by atoms with E-state index in [1.165, 1.54) is 11.1 Å². The topological polar surface area (TPSA) is 35.5 Å². The summed E-state index contributed by atoms with van der Waals surface area (Å²) in [7, 11) is 1.67. The third-order valence-electron chi connectivity index (χ3n) is 3.42. The molecule has 1 aromatic rings. The normalized spacial score (nSPS) is 24.3. The van der Waals surface area contributed by atoms with Gasteiger partial charge in [-0.3, -0.25) is 4.79 Å². The molecule has 3 heteroatoms. The molecular formula is C14H18O3. The molecule has 0 unspecified atom stereocenters. The molecule has 2 atom stereocenters. The molecule has 0 bridgehead atoms. The van der Waals surface area contributed by atoms with Crippen LogP contribution in [0, 0.1) is 6.92 Å². The van der Waals surface area contributed by atoms with Gasteiger partial charge in [-0.2, -0.15) is 0 Å². The monoisotopic (exact) mass is 234 g/mol. The van der Waals surface area contributed by atoms with Crippen molar-refractivity contribution in [1.82, 2.24) is 0 Å². The molecule has 2 rings (SSSR count). The van der Waals surface area contributed by atoms with Crippen molar-refractivity contribution >= 4 is 5.97 Å². The SMILES string of the molecule is COc1ccc([C@H]2CCC(=O)O[C@@H]2C)c(C)c1. The number of carbonyl (C=O) groups excluding carboxylic acids is 1. The summed E-state index contributed by atoms with van der Waals surface area (Å²) in [5.41, 5.74) is 2.45. The minimum atomic E-state index is -0.0834. The van der Waals surface area contributed by atoms with Crippen molar-refractivity contribution in [2.75, 3.05) is 7.11 Å². The maximum absolute atomic E-state index is 11.2. The van der Waals surface area contributed by atoms with Crippen molar-refractivity contribution < 1.29 is 14.3 Å². The largest absolute Gasteiger partial charge is 0.497 e. The number of cyclic esters (lactones) is 1. The van der Waals surface area contributed by atoms with E-state index in [1.54, 1.807) is 7.11 Å². The first-order valence-electron chi connectivity index (χ1n) is 5.96. The molecule has 1 aliphatic heterocycles. The molecular weight excluding hydrogens is 216 g/mol. The smallest absolute Gasteiger partial charge is 0.306 e. The fourth-order valence-corrected chi connectivity index (χ4v) is 2.46. The fraction of sp³-hybridized carbons (Fsp3) is 0.500. The lowest BCUT2D eigenvalue weighted by Crippen LogP contribution is -2.28. The van der Waals surface area contributed by atoms with Crippen molar-refractivity contribution in [2.45, 2.75) is 38.7 Å². The van der Waals surface area contributed by atoms with Crippen LogP contribution in [-0.4, -0.2) is 19.2 Å². The third-order valence-corrected chi connectivity index (χ3v) is 3.42. The molecule has 0 aromatic heterocycles. The average molecular weight is 234 g/mol. The van der Waals surface area contributed by atoms with Gasteiger partial charge in [-0.25, -0.2) is 0 Å². The van der Waals surface area contributed by atoms with Crippen LogP contribution < -0.4 is 4.74 Å². The number of methoxy groups -OCH3 is 1. The molecule has 1 saturated heterocycles. The molecule has 0 amide bonds. The highest BCUT2D eigenvalue weighted by atomic mass is 16.5. The first-order valence-corrected chi connectivity index (χ1v) is 5.96. The number of ether oxygens (including phenoxy) is 2. The van der Waals surface area contributed by atoms with Crippen LogP contribution in [0.1, 0.15) is 36.8 Å². The number of esters is 1. The molecule has 0 N–H and O–H groups in total. The average Bonchev–Trinajstić information content (AvgIpc) is 2.30. The Kier molecular flexibility index (Phi) is 3.36. The highest BCUT2D eigenvalue weighted by Gasteiger charge is 2.29. The van der Waals surface area contributed by atoms with E-state index < -0.39 is 0 Å². The van der Waals surface area contributed by atoms with Crippen molar-refractivity contribution in [3.63, 3.8) is 0 Å². The number of benzene rings is 1. The van der Waals surface area contributed by atoms with Crippen molar-refractivity contribution in [3.8, 4) is 5.75 Å². The lowest BCUT2D eigenvalue weighted by atomic mass is 9.85. The van der Waals surface area contributed by atoms with E-state index in [1.807, 2.05) is 19.1 Å². The number of aryl methyl sites for hydroxylation is 1. The molecule has 0 saturated carbocycles. The second-order valence-electron chi connectivity index (χ2n) is 4.56. The molecule has 1 fully saturated rings. The zero-order chi connectivity index (χ0) is 12.4. The third kappa shape index (κ3) is 2.43. The molecule has 3 nitrogen and oxygen atoms in total. The van der Waals surface area contributed by atoms with E-state index in [4.69, 9.17) is 9.47 Å². The van der Waals surface area contributed by atoms with Crippen molar-refractivity contribution in [2.24, 2.45) is 0 Å². The Labute approximate surface area is 102 Å². The zero-order valence-corrected chi connectivity index (χ0v) is 10.5. The first kappa shape index (κ1) is 12.0. The van der Waals surface area contributed by atoms with E-state index in [2.05, 4.69) is 13.0 Å². The Morgan fingerprint density at radius 3 is 2.76 bits per heavy atom. The van der Waals surface area contributed by atoms with Gasteiger partial charge in [-0.15, -0.1) is 0 Å². The van der Waals surface area contributed by atoms with Crippen LogP contribution in [0.4, 0.5) is 0 Å². The van der Waals surface area contributed by atoms with Gasteiger partial charge in [0.25, 0.3) is 0 Å². The number of rotatable bonds is 2. The van der Waals surface area contributed by atoms with Gasteiger partial charge in [0.05, 0.1) is 7.11 Å². The molecule has 0 aliphatic carbocycles. The molecule has 0 spiro atoms. The van der Waals surface area contributed by atoms with Crippen LogP contribution in [0.5, 0.6) is 5.75 Å². The Hall–Kier alpha value is -1.51. The van der Waals surface area contributed by atoms with E-state index >= 15 is 0 Å². The highest BCUT2D eigenvalue weighted by molar-refractivity contribution is 5.70. The fourth-order valence-electron chi connectivity index (χ4n) is 2.46. The summed E-state index contributed by atoms with van der Waals surface area (Å²) in [6.45, 7) is 4.03. The standard InChI is InChI=1S/C14H18O3/c1-9-8-11(16-3)4-5-12(9)13-6-7-14(15)17-10(13)2/h4-5,8,10,13H,6-7H2,1-3H3/t10-,13+/m1/s1. The second kappa shape index (κ2) is 4.78. The van der Waals surface area contributed by atoms with Gasteiger partial charge in [0.15, 0.2) is 0 Å². The van der Waals surface area contributed by atoms with Crippen molar-refractivity contribution in [1.29, 1.82) is 0 Å². The minimum absolute atomic E-state index is 0.0386. The summed E-state index contributed by atoms with van der Waals surface area (Å²) in [6.07, 6.45) is 1.34. The lowest BCUT2D eigenvalue weighted by molar-refractivity contribution is -0.154. The quantitative estimate of drug-likeness (QED) is 0.738. The Bertz CT molecular complexity index is 425. The van der Waals surface area contributed by atoms with Gasteiger partial charge in [-0.1, -0.05) is 6.07 Å². The second-order valence-corrected chi connectivity index (χ2v) is 4.56. The molecule has 1 aromatic carbocycles. The number of carbonyl (C=O) groups is 1. The Morgan fingerprint density at radius 2 is 2.18 bits per heavy atom. The molecule has 0 radical (unpaired) electrons. The predicted molar refractivity (Wildman–Crippen MR) is 65.3 cm³/mol. The maximum Gasteiger partial charge on any atom is 0.306 e. The molecule has 17 heavy (non-hydrogen) atoms. The van der Waals surface area contributed by atoms with E-state index in [-0.39, 0.29) is 12.1 Å². The van der Waals surface area contributed by atoms with Crippen LogP contribution in [0.25, 0.3) is 0 Å². The maximum atomic E-state index is 11.2. The van der Waals surface area contributed by atoms with Gasteiger partial charge in [0.1, 0.15) is 11.9 Å². The Morgan fingerprint density at radius 1 is 1.41 bits per heavy atom. The van der Waals surface area contributed by atoms with E-state index in [0.29, 0.717) is 12.3 Å². The van der Waals surface area contributed by atoms with Gasteiger partial charge in [0, 0.05) is 12.3 Å². The summed E-state index contributed by atoms with van der Waals surface area (Å²) in [5.74, 6) is 1.09.